The molecule has 4 heteroatoms. The summed E-state index contributed by atoms with van der Waals surface area (Å²) in [5, 5.41) is 4.48. The summed E-state index contributed by atoms with van der Waals surface area (Å²) >= 11 is 0. The predicted octanol–water partition coefficient (Wildman–Crippen LogP) is 2.67. The number of hydrogen-bond acceptors (Lipinski definition) is 3. The molecule has 0 N–H and O–H groups in total. The van der Waals surface area contributed by atoms with Gasteiger partial charge in [-0.15, -0.1) is 0 Å². The van der Waals surface area contributed by atoms with Gasteiger partial charge in [0.25, 0.3) is 0 Å². The van der Waals surface area contributed by atoms with Crippen LogP contribution >= 0.6 is 0 Å². The van der Waals surface area contributed by atoms with Crippen LogP contribution in [0.3, 0.4) is 0 Å². The van der Waals surface area contributed by atoms with Crippen molar-refractivity contribution in [2.75, 3.05) is 7.11 Å². The monoisotopic (exact) mass is 244 g/mol. The molecule has 1 heterocycles. The zero-order valence-electron chi connectivity index (χ0n) is 10.5. The highest BCUT2D eigenvalue weighted by Crippen LogP contribution is 2.18. The molecule has 0 spiro atoms. The standard InChI is InChI=1S/C14H16N2O2/c1-11(10-14(17)18-2)16-9-8-13(15-16)12-6-4-3-5-7-12/h3-9,11H,10H2,1-2H3. The van der Waals surface area contributed by atoms with Crippen LogP contribution in [0.15, 0.2) is 42.6 Å². The van der Waals surface area contributed by atoms with Gasteiger partial charge in [-0.1, -0.05) is 30.3 Å². The van der Waals surface area contributed by atoms with E-state index in [0.717, 1.165) is 11.3 Å². The first-order valence-corrected chi connectivity index (χ1v) is 5.88. The number of methoxy groups -OCH3 is 1. The van der Waals surface area contributed by atoms with E-state index in [0.29, 0.717) is 6.42 Å². The summed E-state index contributed by atoms with van der Waals surface area (Å²) in [5.41, 5.74) is 1.98. The van der Waals surface area contributed by atoms with Gasteiger partial charge in [-0.25, -0.2) is 0 Å². The van der Waals surface area contributed by atoms with E-state index in [9.17, 15) is 4.79 Å². The third-order valence-electron chi connectivity index (χ3n) is 2.82. The molecule has 1 atom stereocenters. The van der Waals surface area contributed by atoms with Gasteiger partial charge in [0, 0.05) is 11.8 Å². The molecular formula is C14H16N2O2. The van der Waals surface area contributed by atoms with Crippen LogP contribution in [0.1, 0.15) is 19.4 Å². The van der Waals surface area contributed by atoms with E-state index in [4.69, 9.17) is 0 Å². The second kappa shape index (κ2) is 5.49. The van der Waals surface area contributed by atoms with Crippen molar-refractivity contribution < 1.29 is 9.53 Å². The molecule has 1 aromatic carbocycles. The molecule has 0 aliphatic rings. The predicted molar refractivity (Wildman–Crippen MR) is 69.0 cm³/mol. The van der Waals surface area contributed by atoms with Crippen molar-refractivity contribution in [2.45, 2.75) is 19.4 Å². The lowest BCUT2D eigenvalue weighted by Gasteiger charge is -2.10. The molecule has 0 aliphatic heterocycles. The van der Waals surface area contributed by atoms with Crippen LogP contribution in [0.2, 0.25) is 0 Å². The van der Waals surface area contributed by atoms with Crippen molar-refractivity contribution in [1.82, 2.24) is 9.78 Å². The Morgan fingerprint density at radius 1 is 1.33 bits per heavy atom. The molecule has 0 amide bonds. The fraction of sp³-hybridized carbons (Fsp3) is 0.286. The lowest BCUT2D eigenvalue weighted by atomic mass is 10.2. The molecule has 18 heavy (non-hydrogen) atoms. The summed E-state index contributed by atoms with van der Waals surface area (Å²) in [7, 11) is 1.40. The maximum atomic E-state index is 11.2. The van der Waals surface area contributed by atoms with E-state index >= 15 is 0 Å². The van der Waals surface area contributed by atoms with Crippen LogP contribution in [0.4, 0.5) is 0 Å². The number of aromatic nitrogens is 2. The van der Waals surface area contributed by atoms with Crippen molar-refractivity contribution in [3.8, 4) is 11.3 Å². The first kappa shape index (κ1) is 12.4. The number of nitrogens with zero attached hydrogens (tertiary/aromatic N) is 2. The highest BCUT2D eigenvalue weighted by Gasteiger charge is 2.12. The molecule has 2 rings (SSSR count). The Balaban J connectivity index is 2.13. The van der Waals surface area contributed by atoms with Gasteiger partial charge in [-0.3, -0.25) is 9.48 Å². The number of esters is 1. The molecule has 94 valence electrons. The van der Waals surface area contributed by atoms with Gasteiger partial charge >= 0.3 is 5.97 Å². The first-order valence-electron chi connectivity index (χ1n) is 5.88. The van der Waals surface area contributed by atoms with Crippen molar-refractivity contribution in [1.29, 1.82) is 0 Å². The van der Waals surface area contributed by atoms with Gasteiger partial charge in [-0.2, -0.15) is 5.10 Å². The average molecular weight is 244 g/mol. The normalized spacial score (nSPS) is 12.1. The second-order valence-corrected chi connectivity index (χ2v) is 4.18. The van der Waals surface area contributed by atoms with E-state index in [-0.39, 0.29) is 12.0 Å². The summed E-state index contributed by atoms with van der Waals surface area (Å²) in [5.74, 6) is -0.223. The zero-order chi connectivity index (χ0) is 13.0. The van der Waals surface area contributed by atoms with Crippen LogP contribution < -0.4 is 0 Å². The number of benzene rings is 1. The molecule has 2 aromatic rings. The summed E-state index contributed by atoms with van der Waals surface area (Å²) in [4.78, 5) is 11.2. The summed E-state index contributed by atoms with van der Waals surface area (Å²) in [6, 6.07) is 11.9. The Morgan fingerprint density at radius 3 is 2.72 bits per heavy atom. The average Bonchev–Trinajstić information content (AvgIpc) is 2.89. The summed E-state index contributed by atoms with van der Waals surface area (Å²) in [6.07, 6.45) is 2.21. The van der Waals surface area contributed by atoms with Gasteiger partial charge in [0.15, 0.2) is 0 Å². The molecule has 0 radical (unpaired) electrons. The highest BCUT2D eigenvalue weighted by molar-refractivity contribution is 5.69. The Kier molecular flexibility index (Phi) is 3.77. The molecular weight excluding hydrogens is 228 g/mol. The summed E-state index contributed by atoms with van der Waals surface area (Å²) in [6.45, 7) is 1.94. The van der Waals surface area contributed by atoms with Crippen molar-refractivity contribution in [2.24, 2.45) is 0 Å². The topological polar surface area (TPSA) is 44.1 Å². The Hall–Kier alpha value is -2.10. The lowest BCUT2D eigenvalue weighted by Crippen LogP contribution is -2.12. The molecule has 0 bridgehead atoms. The Bertz CT molecular complexity index is 520. The smallest absolute Gasteiger partial charge is 0.307 e. The largest absolute Gasteiger partial charge is 0.469 e. The lowest BCUT2D eigenvalue weighted by molar-refractivity contribution is -0.141. The van der Waals surface area contributed by atoms with Gasteiger partial charge in [0.1, 0.15) is 0 Å². The van der Waals surface area contributed by atoms with Crippen LogP contribution in [-0.2, 0) is 9.53 Å². The maximum Gasteiger partial charge on any atom is 0.307 e. The molecule has 1 aromatic heterocycles. The highest BCUT2D eigenvalue weighted by atomic mass is 16.5. The first-order chi connectivity index (χ1) is 8.70. The van der Waals surface area contributed by atoms with Gasteiger partial charge < -0.3 is 4.74 Å². The quantitative estimate of drug-likeness (QED) is 0.777. The molecule has 0 saturated heterocycles. The third kappa shape index (κ3) is 2.77. The molecule has 4 nitrogen and oxygen atoms in total. The summed E-state index contributed by atoms with van der Waals surface area (Å²) < 4.78 is 6.44. The minimum atomic E-state index is -0.223. The van der Waals surface area contributed by atoms with E-state index in [1.54, 1.807) is 4.68 Å². The van der Waals surface area contributed by atoms with Crippen molar-refractivity contribution >= 4 is 5.97 Å². The molecule has 0 fully saturated rings. The second-order valence-electron chi connectivity index (χ2n) is 4.18. The number of rotatable bonds is 4. The SMILES string of the molecule is COC(=O)CC(C)n1ccc(-c2ccccc2)n1. The number of carbonyl (C=O) groups excluding carboxylic acids is 1. The van der Waals surface area contributed by atoms with E-state index in [1.165, 1.54) is 7.11 Å². The minimum absolute atomic E-state index is 0.00471. The van der Waals surface area contributed by atoms with Gasteiger partial charge in [0.05, 0.1) is 25.3 Å². The van der Waals surface area contributed by atoms with Crippen LogP contribution in [-0.4, -0.2) is 22.9 Å². The van der Waals surface area contributed by atoms with Gasteiger partial charge in [0.2, 0.25) is 0 Å². The Labute approximate surface area is 106 Å². The van der Waals surface area contributed by atoms with Crippen LogP contribution in [0.5, 0.6) is 0 Å². The zero-order valence-corrected chi connectivity index (χ0v) is 10.5. The number of hydrogen-bond donors (Lipinski definition) is 0. The fourth-order valence-corrected chi connectivity index (χ4v) is 1.76. The Morgan fingerprint density at radius 2 is 2.06 bits per heavy atom. The van der Waals surface area contributed by atoms with Crippen LogP contribution in [0.25, 0.3) is 11.3 Å². The number of ether oxygens (including phenoxy) is 1. The number of carbonyl (C=O) groups is 1. The van der Waals surface area contributed by atoms with E-state index in [1.807, 2.05) is 49.5 Å². The van der Waals surface area contributed by atoms with Crippen molar-refractivity contribution in [3.05, 3.63) is 42.6 Å². The maximum absolute atomic E-state index is 11.2. The fourth-order valence-electron chi connectivity index (χ4n) is 1.76. The minimum Gasteiger partial charge on any atom is -0.469 e. The third-order valence-corrected chi connectivity index (χ3v) is 2.82. The molecule has 0 aliphatic carbocycles. The van der Waals surface area contributed by atoms with Crippen LogP contribution in [0, 0.1) is 0 Å². The molecule has 0 saturated carbocycles. The van der Waals surface area contributed by atoms with Gasteiger partial charge in [-0.05, 0) is 13.0 Å². The van der Waals surface area contributed by atoms with Crippen molar-refractivity contribution in [3.63, 3.8) is 0 Å². The van der Waals surface area contributed by atoms with E-state index < -0.39 is 0 Å². The van der Waals surface area contributed by atoms with E-state index in [2.05, 4.69) is 9.84 Å². The molecule has 1 unspecified atom stereocenters.